The molecule has 10 nitrogen and oxygen atoms in total. The SMILES string of the molecule is CC(C)(C)OC(=O)N1CCN(c2cccnc2-c2cn([C@H]3C[C@H](CN4C(=O)c5ccccc5C4=O)C3)nc2C2CC2)CC1. The fourth-order valence-electron chi connectivity index (χ4n) is 6.48. The van der Waals surface area contributed by atoms with Crippen molar-refractivity contribution in [1.29, 1.82) is 0 Å². The Kier molecular flexibility index (Phi) is 6.74. The molecule has 4 heterocycles. The number of anilines is 1. The van der Waals surface area contributed by atoms with Crippen LogP contribution in [-0.4, -0.2) is 80.8 Å². The first-order chi connectivity index (χ1) is 20.7. The highest BCUT2D eigenvalue weighted by Gasteiger charge is 2.41. The zero-order chi connectivity index (χ0) is 29.9. The third-order valence-electron chi connectivity index (χ3n) is 8.94. The van der Waals surface area contributed by atoms with Crippen molar-refractivity contribution in [3.05, 3.63) is 65.6 Å². The maximum atomic E-state index is 12.8. The number of hydrogen-bond donors (Lipinski definition) is 0. The van der Waals surface area contributed by atoms with Crippen LogP contribution in [0.4, 0.5) is 10.5 Å². The normalized spacial score (nSPS) is 22.1. The maximum Gasteiger partial charge on any atom is 0.410 e. The van der Waals surface area contributed by atoms with Crippen LogP contribution in [0.2, 0.25) is 0 Å². The molecule has 0 spiro atoms. The second-order valence-electron chi connectivity index (χ2n) is 13.3. The van der Waals surface area contributed by atoms with Crippen LogP contribution in [0, 0.1) is 5.92 Å². The van der Waals surface area contributed by atoms with Gasteiger partial charge in [-0.3, -0.25) is 24.2 Å². The van der Waals surface area contributed by atoms with Crippen molar-refractivity contribution in [2.75, 3.05) is 37.6 Å². The predicted octanol–water partition coefficient (Wildman–Crippen LogP) is 5.13. The summed E-state index contributed by atoms with van der Waals surface area (Å²) < 4.78 is 7.68. The largest absolute Gasteiger partial charge is 0.444 e. The number of hydrogen-bond acceptors (Lipinski definition) is 7. The second kappa shape index (κ2) is 10.5. The molecule has 2 aliphatic heterocycles. The van der Waals surface area contributed by atoms with E-state index in [1.165, 1.54) is 4.90 Å². The topological polar surface area (TPSA) is 101 Å². The van der Waals surface area contributed by atoms with Crippen molar-refractivity contribution in [2.45, 2.75) is 64.0 Å². The summed E-state index contributed by atoms with van der Waals surface area (Å²) in [7, 11) is 0. The fourth-order valence-corrected chi connectivity index (χ4v) is 6.48. The van der Waals surface area contributed by atoms with Gasteiger partial charge in [-0.2, -0.15) is 5.10 Å². The number of ether oxygens (including phenoxy) is 1. The van der Waals surface area contributed by atoms with Crippen LogP contribution < -0.4 is 4.90 Å². The fraction of sp³-hybridized carbons (Fsp3) is 0.485. The smallest absolute Gasteiger partial charge is 0.410 e. The van der Waals surface area contributed by atoms with E-state index in [1.807, 2.05) is 33.0 Å². The van der Waals surface area contributed by atoms with Crippen molar-refractivity contribution in [1.82, 2.24) is 24.6 Å². The Morgan fingerprint density at radius 1 is 0.930 bits per heavy atom. The first kappa shape index (κ1) is 27.6. The minimum atomic E-state index is -0.514. The number of imide groups is 1. The van der Waals surface area contributed by atoms with E-state index < -0.39 is 5.60 Å². The quantitative estimate of drug-likeness (QED) is 0.372. The van der Waals surface area contributed by atoms with Gasteiger partial charge in [0.05, 0.1) is 34.2 Å². The summed E-state index contributed by atoms with van der Waals surface area (Å²) >= 11 is 0. The molecule has 7 rings (SSSR count). The van der Waals surface area contributed by atoms with Gasteiger partial charge in [0.15, 0.2) is 0 Å². The summed E-state index contributed by atoms with van der Waals surface area (Å²) in [5, 5.41) is 5.10. The summed E-state index contributed by atoms with van der Waals surface area (Å²) in [6.45, 7) is 8.70. The molecule has 3 aromatic rings. The summed E-state index contributed by atoms with van der Waals surface area (Å²) in [6.07, 6.45) is 7.74. The van der Waals surface area contributed by atoms with Crippen molar-refractivity contribution >= 4 is 23.6 Å². The number of carbonyl (C=O) groups excluding carboxylic acids is 3. The molecule has 224 valence electrons. The zero-order valence-corrected chi connectivity index (χ0v) is 25.0. The van der Waals surface area contributed by atoms with Gasteiger partial charge in [0.1, 0.15) is 5.60 Å². The first-order valence-electron chi connectivity index (χ1n) is 15.4. The van der Waals surface area contributed by atoms with E-state index in [0.717, 1.165) is 48.3 Å². The van der Waals surface area contributed by atoms with Crippen LogP contribution in [0.3, 0.4) is 0 Å². The minimum Gasteiger partial charge on any atom is -0.444 e. The van der Waals surface area contributed by atoms with Gasteiger partial charge in [0.2, 0.25) is 0 Å². The lowest BCUT2D eigenvalue weighted by molar-refractivity contribution is 0.0240. The number of fused-ring (bicyclic) bond motifs is 1. The average Bonchev–Trinajstić information content (AvgIpc) is 3.68. The highest BCUT2D eigenvalue weighted by atomic mass is 16.6. The lowest BCUT2D eigenvalue weighted by Crippen LogP contribution is -2.50. The molecule has 2 saturated carbocycles. The van der Waals surface area contributed by atoms with Gasteiger partial charge in [-0.15, -0.1) is 0 Å². The highest BCUT2D eigenvalue weighted by molar-refractivity contribution is 6.21. The molecular formula is C33H38N6O4. The Bertz CT molecular complexity index is 1540. The number of carbonyl (C=O) groups is 3. The molecule has 3 fully saturated rings. The first-order valence-corrected chi connectivity index (χ1v) is 15.4. The molecule has 0 bridgehead atoms. The molecule has 2 aromatic heterocycles. The molecule has 0 radical (unpaired) electrons. The van der Waals surface area contributed by atoms with Gasteiger partial charge < -0.3 is 14.5 Å². The molecule has 2 aliphatic carbocycles. The van der Waals surface area contributed by atoms with E-state index in [-0.39, 0.29) is 29.9 Å². The van der Waals surface area contributed by atoms with E-state index in [9.17, 15) is 14.4 Å². The Labute approximate surface area is 251 Å². The zero-order valence-electron chi connectivity index (χ0n) is 25.0. The van der Waals surface area contributed by atoms with Crippen LogP contribution in [0.15, 0.2) is 48.8 Å². The number of amides is 3. The summed E-state index contributed by atoms with van der Waals surface area (Å²) in [6, 6.07) is 11.4. The predicted molar refractivity (Wildman–Crippen MR) is 161 cm³/mol. The molecule has 0 N–H and O–H groups in total. The van der Waals surface area contributed by atoms with Crippen LogP contribution in [0.1, 0.15) is 84.8 Å². The van der Waals surface area contributed by atoms with Crippen LogP contribution in [0.25, 0.3) is 11.3 Å². The number of nitrogens with zero attached hydrogens (tertiary/aromatic N) is 6. The van der Waals surface area contributed by atoms with Crippen LogP contribution in [-0.2, 0) is 4.74 Å². The monoisotopic (exact) mass is 582 g/mol. The van der Waals surface area contributed by atoms with E-state index >= 15 is 0 Å². The maximum absolute atomic E-state index is 12.8. The molecule has 1 saturated heterocycles. The highest BCUT2D eigenvalue weighted by Crippen LogP contribution is 2.47. The van der Waals surface area contributed by atoms with Gasteiger partial charge in [-0.05, 0) is 76.6 Å². The molecule has 10 heteroatoms. The Balaban J connectivity index is 1.04. The number of piperazine rings is 1. The molecule has 0 unspecified atom stereocenters. The summed E-state index contributed by atoms with van der Waals surface area (Å²) in [4.78, 5) is 48.6. The van der Waals surface area contributed by atoms with Gasteiger partial charge in [-0.1, -0.05) is 12.1 Å². The Morgan fingerprint density at radius 2 is 1.60 bits per heavy atom. The third kappa shape index (κ3) is 5.28. The Morgan fingerprint density at radius 3 is 2.23 bits per heavy atom. The minimum absolute atomic E-state index is 0.184. The van der Waals surface area contributed by atoms with Crippen molar-refractivity contribution in [3.63, 3.8) is 0 Å². The molecule has 4 aliphatic rings. The van der Waals surface area contributed by atoms with Crippen LogP contribution >= 0.6 is 0 Å². The van der Waals surface area contributed by atoms with Crippen molar-refractivity contribution in [2.24, 2.45) is 5.92 Å². The van der Waals surface area contributed by atoms with Gasteiger partial charge in [0.25, 0.3) is 11.8 Å². The molecular weight excluding hydrogens is 544 g/mol. The number of rotatable bonds is 6. The van der Waals surface area contributed by atoms with Gasteiger partial charge in [-0.25, -0.2) is 4.79 Å². The Hall–Kier alpha value is -4.21. The third-order valence-corrected chi connectivity index (χ3v) is 8.94. The summed E-state index contributed by atoms with van der Waals surface area (Å²) in [5.74, 6) is 0.340. The average molecular weight is 583 g/mol. The lowest BCUT2D eigenvalue weighted by Gasteiger charge is -2.37. The lowest BCUT2D eigenvalue weighted by atomic mass is 9.80. The number of aromatic nitrogens is 3. The molecule has 3 amide bonds. The summed E-state index contributed by atoms with van der Waals surface area (Å²) in [5.41, 5.74) is 4.68. The van der Waals surface area contributed by atoms with Crippen molar-refractivity contribution in [3.8, 4) is 11.3 Å². The van der Waals surface area contributed by atoms with Gasteiger partial charge in [0, 0.05) is 56.6 Å². The second-order valence-corrected chi connectivity index (χ2v) is 13.3. The van der Waals surface area contributed by atoms with E-state index in [1.54, 1.807) is 29.2 Å². The van der Waals surface area contributed by atoms with E-state index in [0.29, 0.717) is 49.8 Å². The number of benzene rings is 1. The van der Waals surface area contributed by atoms with Crippen molar-refractivity contribution < 1.29 is 19.1 Å². The van der Waals surface area contributed by atoms with Crippen LogP contribution in [0.5, 0.6) is 0 Å². The van der Waals surface area contributed by atoms with E-state index in [2.05, 4.69) is 21.8 Å². The number of pyridine rings is 1. The van der Waals surface area contributed by atoms with E-state index in [4.69, 9.17) is 14.8 Å². The van der Waals surface area contributed by atoms with Gasteiger partial charge >= 0.3 is 6.09 Å². The molecule has 1 aromatic carbocycles. The molecule has 43 heavy (non-hydrogen) atoms. The molecule has 0 atom stereocenters. The standard InChI is InChI=1S/C33H38N6O4/c1-33(2,3)43-32(42)37-15-13-36(14-16-37)27-9-6-12-34-29(27)26-20-39(35-28(26)22-10-11-22)23-17-21(18-23)19-38-30(40)24-7-4-5-8-25(24)31(38)41/h4-9,12,20-23H,10-11,13-19H2,1-3H3/t21-,23-.